The van der Waals surface area contributed by atoms with Crippen molar-refractivity contribution >= 4 is 29.4 Å². The molecule has 0 aromatic heterocycles. The minimum atomic E-state index is -1.28. The number of aliphatic carboxylic acids is 1. The first-order valence-electron chi connectivity index (χ1n) is 7.15. The maximum atomic E-state index is 11.8. The first-order valence-corrected chi connectivity index (χ1v) is 7.15. The highest BCUT2D eigenvalue weighted by Crippen LogP contribution is 2.16. The van der Waals surface area contributed by atoms with Crippen molar-refractivity contribution in [3.8, 4) is 0 Å². The zero-order chi connectivity index (χ0) is 18.1. The number of benzene rings is 1. The van der Waals surface area contributed by atoms with Crippen molar-refractivity contribution in [3.05, 3.63) is 41.5 Å². The van der Waals surface area contributed by atoms with Gasteiger partial charge < -0.3 is 10.4 Å². The topological polar surface area (TPSA) is 125 Å². The number of carboxylic acids is 1. The van der Waals surface area contributed by atoms with Gasteiger partial charge in [0.25, 0.3) is 5.91 Å². The van der Waals surface area contributed by atoms with Crippen molar-refractivity contribution in [2.24, 2.45) is 0 Å². The Bertz CT molecular complexity index is 682. The first-order chi connectivity index (χ1) is 11.3. The van der Waals surface area contributed by atoms with Crippen LogP contribution in [0.15, 0.2) is 30.4 Å². The Morgan fingerprint density at radius 3 is 2.29 bits per heavy atom. The summed E-state index contributed by atoms with van der Waals surface area (Å²) in [6.45, 7) is 3.82. The lowest BCUT2D eigenvalue weighted by molar-refractivity contribution is -0.131. The lowest BCUT2D eigenvalue weighted by Crippen LogP contribution is -2.41. The Morgan fingerprint density at radius 1 is 1.00 bits per heavy atom. The fourth-order valence-corrected chi connectivity index (χ4v) is 1.78. The minimum absolute atomic E-state index is 0.0556. The van der Waals surface area contributed by atoms with E-state index in [1.165, 1.54) is 0 Å². The number of carboxylic acid groups (broad SMARTS) is 1. The van der Waals surface area contributed by atoms with Gasteiger partial charge >= 0.3 is 5.97 Å². The molecule has 24 heavy (non-hydrogen) atoms. The number of rotatable bonds is 6. The fraction of sp³-hybridized carbons (Fsp3) is 0.250. The van der Waals surface area contributed by atoms with E-state index in [2.05, 4.69) is 10.7 Å². The van der Waals surface area contributed by atoms with E-state index in [0.717, 1.165) is 17.2 Å². The fourth-order valence-electron chi connectivity index (χ4n) is 1.78. The highest BCUT2D eigenvalue weighted by molar-refractivity contribution is 5.96. The van der Waals surface area contributed by atoms with Crippen LogP contribution in [-0.2, 0) is 19.2 Å². The number of amides is 3. The number of hydrogen-bond donors (Lipinski definition) is 4. The Balaban J connectivity index is 2.34. The van der Waals surface area contributed by atoms with Gasteiger partial charge in [0.2, 0.25) is 11.8 Å². The zero-order valence-electron chi connectivity index (χ0n) is 13.4. The predicted molar refractivity (Wildman–Crippen MR) is 86.8 cm³/mol. The van der Waals surface area contributed by atoms with Crippen LogP contribution in [-0.4, -0.2) is 28.8 Å². The molecule has 1 aromatic rings. The van der Waals surface area contributed by atoms with E-state index in [9.17, 15) is 19.2 Å². The van der Waals surface area contributed by atoms with Gasteiger partial charge in [0.15, 0.2) is 0 Å². The summed E-state index contributed by atoms with van der Waals surface area (Å²) >= 11 is 0. The van der Waals surface area contributed by atoms with Crippen molar-refractivity contribution in [2.45, 2.75) is 26.7 Å². The van der Waals surface area contributed by atoms with Gasteiger partial charge in [0.05, 0.1) is 0 Å². The number of aryl methyl sites for hydroxylation is 2. The second-order valence-corrected chi connectivity index (χ2v) is 5.08. The van der Waals surface area contributed by atoms with Crippen LogP contribution in [0.4, 0.5) is 5.69 Å². The summed E-state index contributed by atoms with van der Waals surface area (Å²) in [6, 6.07) is 5.59. The van der Waals surface area contributed by atoms with Gasteiger partial charge in [0, 0.05) is 30.7 Å². The third-order valence-electron chi connectivity index (χ3n) is 2.94. The van der Waals surface area contributed by atoms with Crippen LogP contribution in [0.1, 0.15) is 24.0 Å². The van der Waals surface area contributed by atoms with E-state index in [-0.39, 0.29) is 18.7 Å². The Morgan fingerprint density at radius 2 is 1.67 bits per heavy atom. The molecule has 1 rings (SSSR count). The monoisotopic (exact) mass is 333 g/mol. The molecule has 0 aliphatic rings. The number of anilines is 1. The molecule has 0 aliphatic heterocycles. The third-order valence-corrected chi connectivity index (χ3v) is 2.94. The quantitative estimate of drug-likeness (QED) is 0.453. The third kappa shape index (κ3) is 7.21. The Labute approximate surface area is 138 Å². The van der Waals surface area contributed by atoms with Crippen molar-refractivity contribution in [1.82, 2.24) is 10.9 Å². The maximum Gasteiger partial charge on any atom is 0.328 e. The molecule has 0 saturated heterocycles. The number of nitrogens with one attached hydrogen (secondary N) is 3. The summed E-state index contributed by atoms with van der Waals surface area (Å²) in [5.41, 5.74) is 6.77. The van der Waals surface area contributed by atoms with Crippen molar-refractivity contribution in [2.75, 3.05) is 5.32 Å². The smallest absolute Gasteiger partial charge is 0.328 e. The van der Waals surface area contributed by atoms with E-state index in [1.807, 2.05) is 31.4 Å². The number of hydrazine groups is 1. The standard InChI is InChI=1S/C16H19N3O5/c1-10-3-4-12(11(2)9-10)17-13(20)5-6-14(21)18-19-15(22)7-8-16(23)24/h3-4,7-9H,5-6H2,1-2H3,(H,17,20)(H,18,21)(H,19,22)(H,23,24)/b8-7-. The molecular formula is C16H19N3O5. The second kappa shape index (κ2) is 9.09. The minimum Gasteiger partial charge on any atom is -0.478 e. The van der Waals surface area contributed by atoms with E-state index >= 15 is 0 Å². The van der Waals surface area contributed by atoms with Crippen LogP contribution in [0.5, 0.6) is 0 Å². The highest BCUT2D eigenvalue weighted by atomic mass is 16.4. The van der Waals surface area contributed by atoms with Gasteiger partial charge in [-0.3, -0.25) is 25.2 Å². The highest BCUT2D eigenvalue weighted by Gasteiger charge is 2.09. The molecular weight excluding hydrogens is 314 g/mol. The van der Waals surface area contributed by atoms with Crippen LogP contribution < -0.4 is 16.2 Å². The van der Waals surface area contributed by atoms with E-state index in [1.54, 1.807) is 6.07 Å². The van der Waals surface area contributed by atoms with E-state index in [4.69, 9.17) is 5.11 Å². The average Bonchev–Trinajstić information content (AvgIpc) is 2.51. The summed E-state index contributed by atoms with van der Waals surface area (Å²) in [7, 11) is 0. The second-order valence-electron chi connectivity index (χ2n) is 5.08. The first kappa shape index (κ1) is 18.9. The maximum absolute atomic E-state index is 11.8. The lowest BCUT2D eigenvalue weighted by atomic mass is 10.1. The summed E-state index contributed by atoms with van der Waals surface area (Å²) in [5, 5.41) is 11.0. The van der Waals surface area contributed by atoms with Crippen LogP contribution >= 0.6 is 0 Å². The lowest BCUT2D eigenvalue weighted by Gasteiger charge is -2.09. The Hall–Kier alpha value is -3.16. The molecule has 0 fully saturated rings. The molecule has 0 atom stereocenters. The van der Waals surface area contributed by atoms with Crippen LogP contribution in [0.25, 0.3) is 0 Å². The molecule has 1 aromatic carbocycles. The number of carbonyl (C=O) groups is 4. The molecule has 0 spiro atoms. The van der Waals surface area contributed by atoms with Crippen LogP contribution in [0.2, 0.25) is 0 Å². The molecule has 4 N–H and O–H groups in total. The molecule has 8 nitrogen and oxygen atoms in total. The van der Waals surface area contributed by atoms with Crippen LogP contribution in [0, 0.1) is 13.8 Å². The summed E-state index contributed by atoms with van der Waals surface area (Å²) < 4.78 is 0. The van der Waals surface area contributed by atoms with Crippen molar-refractivity contribution in [1.29, 1.82) is 0 Å². The van der Waals surface area contributed by atoms with Gasteiger partial charge in [-0.25, -0.2) is 4.79 Å². The molecule has 0 bridgehead atoms. The average molecular weight is 333 g/mol. The molecule has 128 valence electrons. The van der Waals surface area contributed by atoms with Gasteiger partial charge in [-0.1, -0.05) is 17.7 Å². The summed E-state index contributed by atoms with van der Waals surface area (Å²) in [6.07, 6.45) is 1.22. The van der Waals surface area contributed by atoms with E-state index in [0.29, 0.717) is 11.8 Å². The molecule has 0 saturated carbocycles. The van der Waals surface area contributed by atoms with E-state index < -0.39 is 17.8 Å². The van der Waals surface area contributed by atoms with Crippen molar-refractivity contribution < 1.29 is 24.3 Å². The van der Waals surface area contributed by atoms with Crippen molar-refractivity contribution in [3.63, 3.8) is 0 Å². The molecule has 8 heteroatoms. The van der Waals surface area contributed by atoms with Gasteiger partial charge in [-0.15, -0.1) is 0 Å². The van der Waals surface area contributed by atoms with Gasteiger partial charge in [-0.2, -0.15) is 0 Å². The largest absolute Gasteiger partial charge is 0.478 e. The Kier molecular flexibility index (Phi) is 7.15. The normalized spacial score (nSPS) is 10.2. The van der Waals surface area contributed by atoms with Gasteiger partial charge in [0.1, 0.15) is 0 Å². The zero-order valence-corrected chi connectivity index (χ0v) is 13.4. The molecule has 0 aliphatic carbocycles. The summed E-state index contributed by atoms with van der Waals surface area (Å²) in [4.78, 5) is 44.7. The SMILES string of the molecule is Cc1ccc(NC(=O)CCC(=O)NNC(=O)/C=C\C(=O)O)c(C)c1. The molecule has 0 unspecified atom stereocenters. The number of carbonyl (C=O) groups excluding carboxylic acids is 3. The van der Waals surface area contributed by atoms with Gasteiger partial charge in [-0.05, 0) is 25.5 Å². The number of hydrogen-bond acceptors (Lipinski definition) is 4. The predicted octanol–water partition coefficient (Wildman–Crippen LogP) is 0.810. The molecule has 0 heterocycles. The molecule has 0 radical (unpaired) electrons. The van der Waals surface area contributed by atoms with Crippen LogP contribution in [0.3, 0.4) is 0 Å². The summed E-state index contributed by atoms with van der Waals surface area (Å²) in [5.74, 6) is -2.96. The molecule has 3 amide bonds.